The lowest BCUT2D eigenvalue weighted by Gasteiger charge is -2.28. The Morgan fingerprint density at radius 2 is 1.41 bits per heavy atom. The van der Waals surface area contributed by atoms with Crippen LogP contribution in [0.2, 0.25) is 0 Å². The van der Waals surface area contributed by atoms with Gasteiger partial charge in [0.1, 0.15) is 0 Å². The molecule has 0 aromatic carbocycles. The Bertz CT molecular complexity index is 409. The van der Waals surface area contributed by atoms with Gasteiger partial charge in [0.05, 0.1) is 19.1 Å². The highest BCUT2D eigenvalue weighted by molar-refractivity contribution is 8.67. The minimum Gasteiger partial charge on any atom is -0.321 e. The van der Waals surface area contributed by atoms with Crippen molar-refractivity contribution < 1.29 is 9.05 Å². The summed E-state index contributed by atoms with van der Waals surface area (Å²) in [4.78, 5) is 0. The van der Waals surface area contributed by atoms with E-state index in [9.17, 15) is 0 Å². The Morgan fingerprint density at radius 3 is 1.86 bits per heavy atom. The number of rotatable bonds is 18. The summed E-state index contributed by atoms with van der Waals surface area (Å²) in [5, 5.41) is 3.71. The molecule has 0 aromatic rings. The lowest BCUT2D eigenvalue weighted by molar-refractivity contribution is 0.188. The van der Waals surface area contributed by atoms with Crippen molar-refractivity contribution in [2.75, 3.05) is 19.1 Å². The summed E-state index contributed by atoms with van der Waals surface area (Å²) in [6.45, 7) is 10.6. The van der Waals surface area contributed by atoms with Gasteiger partial charge in [-0.2, -0.15) is 0 Å². The molecule has 0 bridgehead atoms. The van der Waals surface area contributed by atoms with Crippen LogP contribution < -0.4 is 5.32 Å². The monoisotopic (exact) mass is 465 g/mol. The lowest BCUT2D eigenvalue weighted by atomic mass is 9.96. The predicted molar refractivity (Wildman–Crippen MR) is 135 cm³/mol. The van der Waals surface area contributed by atoms with E-state index in [2.05, 4.69) is 33.0 Å². The molecular formula is C23H48NO2PS2. The summed E-state index contributed by atoms with van der Waals surface area (Å²) < 4.78 is 12.8. The smallest absolute Gasteiger partial charge is 0.248 e. The Labute approximate surface area is 191 Å². The molecule has 1 aliphatic carbocycles. The topological polar surface area (TPSA) is 30.5 Å². The average molecular weight is 466 g/mol. The molecule has 1 fully saturated rings. The predicted octanol–water partition coefficient (Wildman–Crippen LogP) is 8.29. The standard InChI is InChI=1S/C23H48NO2PS2/c1-5-9-14-21(7-3)18-25-27(28,26-19-22(8-4)15-10-6-2)29-20-24-23-16-12-11-13-17-23/h21-24H,5-20H2,1-4H3. The molecule has 0 aliphatic heterocycles. The van der Waals surface area contributed by atoms with Crippen molar-refractivity contribution in [2.24, 2.45) is 11.8 Å². The molecule has 3 nitrogen and oxygen atoms in total. The molecule has 0 spiro atoms. The molecule has 0 aromatic heterocycles. The Balaban J connectivity index is 2.57. The largest absolute Gasteiger partial charge is 0.321 e. The van der Waals surface area contributed by atoms with Crippen molar-refractivity contribution in [3.63, 3.8) is 0 Å². The van der Waals surface area contributed by atoms with Crippen molar-refractivity contribution in [3.8, 4) is 0 Å². The second kappa shape index (κ2) is 17.4. The number of hydrogen-bond acceptors (Lipinski definition) is 5. The third-order valence-corrected chi connectivity index (χ3v) is 11.3. The van der Waals surface area contributed by atoms with Crippen molar-refractivity contribution in [1.29, 1.82) is 0 Å². The number of hydrogen-bond donors (Lipinski definition) is 1. The van der Waals surface area contributed by atoms with Gasteiger partial charge in [-0.15, -0.1) is 0 Å². The third kappa shape index (κ3) is 13.1. The fourth-order valence-electron chi connectivity index (χ4n) is 3.84. The van der Waals surface area contributed by atoms with Crippen LogP contribution in [0.5, 0.6) is 0 Å². The summed E-state index contributed by atoms with van der Waals surface area (Å²) in [5.41, 5.74) is -2.30. The Morgan fingerprint density at radius 1 is 0.897 bits per heavy atom. The quantitative estimate of drug-likeness (QED) is 0.162. The minimum atomic E-state index is -2.30. The first kappa shape index (κ1) is 27.9. The fraction of sp³-hybridized carbons (Fsp3) is 1.00. The van der Waals surface area contributed by atoms with E-state index in [1.54, 1.807) is 11.4 Å². The van der Waals surface area contributed by atoms with Crippen molar-refractivity contribution in [2.45, 2.75) is 117 Å². The van der Waals surface area contributed by atoms with Gasteiger partial charge in [-0.25, -0.2) is 0 Å². The molecule has 0 amide bonds. The summed E-state index contributed by atoms with van der Waals surface area (Å²) in [6.07, 6.45) is 16.5. The highest BCUT2D eigenvalue weighted by Crippen LogP contribution is 2.61. The average Bonchev–Trinajstić information content (AvgIpc) is 2.75. The van der Waals surface area contributed by atoms with Gasteiger partial charge in [-0.1, -0.05) is 96.9 Å². The molecule has 0 heterocycles. The van der Waals surface area contributed by atoms with Crippen LogP contribution in [0.15, 0.2) is 0 Å². The van der Waals surface area contributed by atoms with E-state index in [0.29, 0.717) is 17.9 Å². The van der Waals surface area contributed by atoms with Crippen LogP contribution in [-0.4, -0.2) is 25.1 Å². The lowest BCUT2D eigenvalue weighted by Crippen LogP contribution is -2.30. The van der Waals surface area contributed by atoms with Crippen LogP contribution in [0.3, 0.4) is 0 Å². The fourth-order valence-corrected chi connectivity index (χ4v) is 7.67. The van der Waals surface area contributed by atoms with Crippen molar-refractivity contribution >= 4 is 28.9 Å². The van der Waals surface area contributed by atoms with E-state index in [1.165, 1.54) is 70.6 Å². The van der Waals surface area contributed by atoms with Crippen LogP contribution in [0.4, 0.5) is 0 Å². The zero-order chi connectivity index (χ0) is 21.4. The van der Waals surface area contributed by atoms with Crippen LogP contribution in [0.1, 0.15) is 111 Å². The first-order valence-electron chi connectivity index (χ1n) is 12.3. The van der Waals surface area contributed by atoms with E-state index >= 15 is 0 Å². The highest BCUT2D eigenvalue weighted by atomic mass is 32.9. The van der Waals surface area contributed by atoms with E-state index in [0.717, 1.165) is 31.9 Å². The molecule has 1 N–H and O–H groups in total. The molecule has 1 saturated carbocycles. The Kier molecular flexibility index (Phi) is 16.8. The first-order chi connectivity index (χ1) is 14.1. The van der Waals surface area contributed by atoms with Crippen LogP contribution >= 0.6 is 17.1 Å². The maximum atomic E-state index is 6.40. The molecule has 1 rings (SSSR count). The van der Waals surface area contributed by atoms with E-state index in [1.807, 2.05) is 0 Å². The summed E-state index contributed by atoms with van der Waals surface area (Å²) in [7, 11) is 0. The zero-order valence-corrected chi connectivity index (χ0v) is 22.2. The normalized spacial score (nSPS) is 19.7. The van der Waals surface area contributed by atoms with Gasteiger partial charge in [-0.3, -0.25) is 0 Å². The molecule has 1 aliphatic rings. The SMILES string of the molecule is CCCCC(CC)COP(=S)(OCC(CC)CCCC)SCNC1CCCCC1. The van der Waals surface area contributed by atoms with Gasteiger partial charge in [-0.05, 0) is 49.3 Å². The Hall–Kier alpha value is 0.880. The van der Waals surface area contributed by atoms with Gasteiger partial charge in [0.2, 0.25) is 5.69 Å². The molecule has 29 heavy (non-hydrogen) atoms. The molecule has 2 atom stereocenters. The molecular weight excluding hydrogens is 417 g/mol. The molecule has 174 valence electrons. The maximum Gasteiger partial charge on any atom is 0.248 e. The maximum absolute atomic E-state index is 6.40. The zero-order valence-electron chi connectivity index (χ0n) is 19.6. The van der Waals surface area contributed by atoms with Crippen LogP contribution in [0, 0.1) is 11.8 Å². The summed E-state index contributed by atoms with van der Waals surface area (Å²) in [5.74, 6) is 2.07. The van der Waals surface area contributed by atoms with Gasteiger partial charge >= 0.3 is 0 Å². The van der Waals surface area contributed by atoms with Crippen LogP contribution in [0.25, 0.3) is 0 Å². The van der Waals surface area contributed by atoms with Gasteiger partial charge in [0.15, 0.2) is 0 Å². The van der Waals surface area contributed by atoms with Gasteiger partial charge in [0, 0.05) is 6.04 Å². The summed E-state index contributed by atoms with van der Waals surface area (Å²) in [6, 6.07) is 0.653. The number of nitrogens with one attached hydrogen (secondary N) is 1. The second-order valence-electron chi connectivity index (χ2n) is 8.68. The van der Waals surface area contributed by atoms with Crippen LogP contribution in [-0.2, 0) is 20.9 Å². The van der Waals surface area contributed by atoms with Gasteiger partial charge in [0.25, 0.3) is 0 Å². The summed E-state index contributed by atoms with van der Waals surface area (Å²) >= 11 is 7.76. The number of unbranched alkanes of at least 4 members (excludes halogenated alkanes) is 2. The van der Waals surface area contributed by atoms with Crippen molar-refractivity contribution in [1.82, 2.24) is 5.32 Å². The van der Waals surface area contributed by atoms with Crippen molar-refractivity contribution in [3.05, 3.63) is 0 Å². The van der Waals surface area contributed by atoms with E-state index in [4.69, 9.17) is 20.9 Å². The molecule has 6 heteroatoms. The molecule has 2 unspecified atom stereocenters. The third-order valence-electron chi connectivity index (χ3n) is 6.22. The van der Waals surface area contributed by atoms with E-state index < -0.39 is 5.69 Å². The van der Waals surface area contributed by atoms with Gasteiger partial charge < -0.3 is 14.4 Å². The molecule has 0 saturated heterocycles. The van der Waals surface area contributed by atoms with E-state index in [-0.39, 0.29) is 0 Å². The first-order valence-corrected chi connectivity index (χ1v) is 16.6. The second-order valence-corrected chi connectivity index (χ2v) is 15.0. The molecule has 0 radical (unpaired) electrons. The highest BCUT2D eigenvalue weighted by Gasteiger charge is 2.24. The minimum absolute atomic E-state index is 0.606.